The highest BCUT2D eigenvalue weighted by molar-refractivity contribution is 5.35. The summed E-state index contributed by atoms with van der Waals surface area (Å²) in [5.41, 5.74) is 3.09. The molecule has 0 aliphatic rings. The van der Waals surface area contributed by atoms with E-state index in [1.807, 2.05) is 37.1 Å². The summed E-state index contributed by atoms with van der Waals surface area (Å²) in [6, 6.07) is 4.87. The lowest BCUT2D eigenvalue weighted by Gasteiger charge is -2.17. The first-order valence-electron chi connectivity index (χ1n) is 6.61. The first kappa shape index (κ1) is 13.7. The Morgan fingerprint density at radius 3 is 2.89 bits per heavy atom. The summed E-state index contributed by atoms with van der Waals surface area (Å²) in [7, 11) is 1.88. The highest BCUT2D eigenvalue weighted by Gasteiger charge is 2.16. The third-order valence-corrected chi connectivity index (χ3v) is 3.28. The predicted molar refractivity (Wildman–Crippen MR) is 74.6 cm³/mol. The van der Waals surface area contributed by atoms with E-state index in [0.29, 0.717) is 0 Å². The standard InChI is InChI=1S/C15H20FN3/c1-4-7-19-10-12(9-18-19)15(17-3)14-8-13(16)6-5-11(14)2/h5-6,8-10,15,17H,4,7H2,1-3H3. The number of nitrogens with one attached hydrogen (secondary N) is 1. The molecule has 1 aromatic heterocycles. The molecule has 0 radical (unpaired) electrons. The summed E-state index contributed by atoms with van der Waals surface area (Å²) >= 11 is 0. The molecular formula is C15H20FN3. The van der Waals surface area contributed by atoms with Crippen molar-refractivity contribution in [2.45, 2.75) is 32.9 Å². The van der Waals surface area contributed by atoms with Gasteiger partial charge in [-0.25, -0.2) is 4.39 Å². The van der Waals surface area contributed by atoms with Crippen LogP contribution in [-0.2, 0) is 6.54 Å². The van der Waals surface area contributed by atoms with Crippen LogP contribution in [0.3, 0.4) is 0 Å². The fourth-order valence-electron chi connectivity index (χ4n) is 2.30. The molecule has 102 valence electrons. The van der Waals surface area contributed by atoms with Gasteiger partial charge in [-0.15, -0.1) is 0 Å². The van der Waals surface area contributed by atoms with E-state index in [0.717, 1.165) is 29.7 Å². The molecular weight excluding hydrogens is 241 g/mol. The quantitative estimate of drug-likeness (QED) is 0.896. The van der Waals surface area contributed by atoms with Crippen LogP contribution < -0.4 is 5.32 Å². The molecule has 0 bridgehead atoms. The molecule has 0 aliphatic heterocycles. The summed E-state index contributed by atoms with van der Waals surface area (Å²) in [4.78, 5) is 0. The Morgan fingerprint density at radius 1 is 1.42 bits per heavy atom. The van der Waals surface area contributed by atoms with Gasteiger partial charge in [0.25, 0.3) is 0 Å². The maximum absolute atomic E-state index is 13.4. The third kappa shape index (κ3) is 3.01. The van der Waals surface area contributed by atoms with E-state index in [1.54, 1.807) is 6.07 Å². The molecule has 1 atom stereocenters. The molecule has 0 amide bonds. The second kappa shape index (κ2) is 5.97. The molecule has 3 nitrogen and oxygen atoms in total. The fourth-order valence-corrected chi connectivity index (χ4v) is 2.30. The number of nitrogens with zero attached hydrogens (tertiary/aromatic N) is 2. The molecule has 0 aliphatic carbocycles. The number of halogens is 1. The summed E-state index contributed by atoms with van der Waals surface area (Å²) in [6.45, 7) is 5.02. The van der Waals surface area contributed by atoms with Gasteiger partial charge in [-0.05, 0) is 43.7 Å². The van der Waals surface area contributed by atoms with Crippen molar-refractivity contribution < 1.29 is 4.39 Å². The highest BCUT2D eigenvalue weighted by Crippen LogP contribution is 2.25. The van der Waals surface area contributed by atoms with Crippen LogP contribution in [0, 0.1) is 12.7 Å². The van der Waals surface area contributed by atoms with Crippen molar-refractivity contribution in [3.8, 4) is 0 Å². The molecule has 19 heavy (non-hydrogen) atoms. The Morgan fingerprint density at radius 2 is 2.21 bits per heavy atom. The van der Waals surface area contributed by atoms with Gasteiger partial charge in [-0.1, -0.05) is 13.0 Å². The van der Waals surface area contributed by atoms with E-state index in [9.17, 15) is 4.39 Å². The molecule has 1 unspecified atom stereocenters. The van der Waals surface area contributed by atoms with Crippen molar-refractivity contribution in [2.75, 3.05) is 7.05 Å². The van der Waals surface area contributed by atoms with Crippen molar-refractivity contribution in [1.82, 2.24) is 15.1 Å². The zero-order chi connectivity index (χ0) is 13.8. The first-order chi connectivity index (χ1) is 9.15. The average Bonchev–Trinajstić information content (AvgIpc) is 2.83. The van der Waals surface area contributed by atoms with E-state index in [1.165, 1.54) is 6.07 Å². The minimum atomic E-state index is -0.207. The lowest BCUT2D eigenvalue weighted by Crippen LogP contribution is -2.18. The third-order valence-electron chi connectivity index (χ3n) is 3.28. The van der Waals surface area contributed by atoms with Gasteiger partial charge >= 0.3 is 0 Å². The average molecular weight is 261 g/mol. The highest BCUT2D eigenvalue weighted by atomic mass is 19.1. The SMILES string of the molecule is CCCn1cc(C(NC)c2cc(F)ccc2C)cn1. The van der Waals surface area contributed by atoms with Gasteiger partial charge in [0.2, 0.25) is 0 Å². The summed E-state index contributed by atoms with van der Waals surface area (Å²) < 4.78 is 15.4. The van der Waals surface area contributed by atoms with Crippen molar-refractivity contribution in [3.05, 3.63) is 53.1 Å². The fraction of sp³-hybridized carbons (Fsp3) is 0.400. The van der Waals surface area contributed by atoms with Crippen molar-refractivity contribution in [1.29, 1.82) is 0 Å². The van der Waals surface area contributed by atoms with Gasteiger partial charge in [-0.3, -0.25) is 4.68 Å². The number of aryl methyl sites for hydroxylation is 2. The van der Waals surface area contributed by atoms with Crippen molar-refractivity contribution in [3.63, 3.8) is 0 Å². The topological polar surface area (TPSA) is 29.9 Å². The van der Waals surface area contributed by atoms with Gasteiger partial charge < -0.3 is 5.32 Å². The van der Waals surface area contributed by atoms with Crippen LogP contribution in [0.1, 0.15) is 36.1 Å². The van der Waals surface area contributed by atoms with Crippen molar-refractivity contribution >= 4 is 0 Å². The Kier molecular flexibility index (Phi) is 4.32. The van der Waals surface area contributed by atoms with Crippen LogP contribution in [0.2, 0.25) is 0 Å². The van der Waals surface area contributed by atoms with Gasteiger partial charge in [0.1, 0.15) is 5.82 Å². The normalized spacial score (nSPS) is 12.6. The number of hydrogen-bond acceptors (Lipinski definition) is 2. The summed E-state index contributed by atoms with van der Waals surface area (Å²) in [5.74, 6) is -0.207. The van der Waals surface area contributed by atoms with Gasteiger partial charge in [0, 0.05) is 18.3 Å². The smallest absolute Gasteiger partial charge is 0.123 e. The lowest BCUT2D eigenvalue weighted by molar-refractivity contribution is 0.599. The van der Waals surface area contributed by atoms with E-state index in [4.69, 9.17) is 0 Å². The molecule has 0 fully saturated rings. The zero-order valence-electron chi connectivity index (χ0n) is 11.7. The first-order valence-corrected chi connectivity index (χ1v) is 6.61. The molecule has 1 heterocycles. The summed E-state index contributed by atoms with van der Waals surface area (Å²) in [5, 5.41) is 7.57. The minimum Gasteiger partial charge on any atom is -0.309 e. The van der Waals surface area contributed by atoms with Crippen LogP contribution in [0.25, 0.3) is 0 Å². The van der Waals surface area contributed by atoms with Crippen LogP contribution in [0.15, 0.2) is 30.6 Å². The van der Waals surface area contributed by atoms with Crippen molar-refractivity contribution in [2.24, 2.45) is 0 Å². The molecule has 0 saturated heterocycles. The Hall–Kier alpha value is -1.68. The Labute approximate surface area is 113 Å². The molecule has 1 N–H and O–H groups in total. The molecule has 2 aromatic rings. The second-order valence-corrected chi connectivity index (χ2v) is 4.76. The van der Waals surface area contributed by atoms with E-state index < -0.39 is 0 Å². The second-order valence-electron chi connectivity index (χ2n) is 4.76. The van der Waals surface area contributed by atoms with Gasteiger partial charge in [0.05, 0.1) is 12.2 Å². The minimum absolute atomic E-state index is 0.0266. The Bertz CT molecular complexity index is 548. The van der Waals surface area contributed by atoms with Gasteiger partial charge in [0.15, 0.2) is 0 Å². The number of benzene rings is 1. The van der Waals surface area contributed by atoms with E-state index in [2.05, 4.69) is 17.3 Å². The predicted octanol–water partition coefficient (Wildman–Crippen LogP) is 3.05. The monoisotopic (exact) mass is 261 g/mol. The number of rotatable bonds is 5. The maximum atomic E-state index is 13.4. The van der Waals surface area contributed by atoms with E-state index in [-0.39, 0.29) is 11.9 Å². The number of aromatic nitrogens is 2. The van der Waals surface area contributed by atoms with Crippen LogP contribution in [0.5, 0.6) is 0 Å². The molecule has 4 heteroatoms. The van der Waals surface area contributed by atoms with Gasteiger partial charge in [-0.2, -0.15) is 5.10 Å². The molecule has 2 rings (SSSR count). The lowest BCUT2D eigenvalue weighted by atomic mass is 9.97. The molecule has 0 spiro atoms. The van der Waals surface area contributed by atoms with E-state index >= 15 is 0 Å². The molecule has 0 saturated carbocycles. The number of hydrogen-bond donors (Lipinski definition) is 1. The summed E-state index contributed by atoms with van der Waals surface area (Å²) in [6.07, 6.45) is 4.92. The maximum Gasteiger partial charge on any atom is 0.123 e. The Balaban J connectivity index is 2.35. The van der Waals surface area contributed by atoms with Crippen LogP contribution >= 0.6 is 0 Å². The van der Waals surface area contributed by atoms with Crippen LogP contribution in [0.4, 0.5) is 4.39 Å². The van der Waals surface area contributed by atoms with Crippen LogP contribution in [-0.4, -0.2) is 16.8 Å². The molecule has 1 aromatic carbocycles. The largest absolute Gasteiger partial charge is 0.309 e. The zero-order valence-corrected chi connectivity index (χ0v) is 11.7.